The first-order valence-electron chi connectivity index (χ1n) is 5.98. The summed E-state index contributed by atoms with van der Waals surface area (Å²) in [5.74, 6) is 0.0967. The Hall–Kier alpha value is -2.22. The first kappa shape index (κ1) is 13.7. The molecule has 21 heavy (non-hydrogen) atoms. The summed E-state index contributed by atoms with van der Waals surface area (Å²) >= 11 is 3.41. The summed E-state index contributed by atoms with van der Waals surface area (Å²) in [4.78, 5) is 10.9. The molecule has 1 aliphatic heterocycles. The summed E-state index contributed by atoms with van der Waals surface area (Å²) in [6.07, 6.45) is 0. The van der Waals surface area contributed by atoms with Gasteiger partial charge in [0, 0.05) is 6.07 Å². The molecular weight excluding hydrogens is 346 g/mol. The van der Waals surface area contributed by atoms with Crippen LogP contribution in [0.15, 0.2) is 21.1 Å². The Kier molecular flexibility index (Phi) is 3.46. The van der Waals surface area contributed by atoms with Crippen LogP contribution in [-0.2, 0) is 0 Å². The molecule has 110 valence electrons. The van der Waals surface area contributed by atoms with Crippen LogP contribution < -0.4 is 14.2 Å². The zero-order valence-electron chi connectivity index (χ0n) is 10.9. The van der Waals surface area contributed by atoms with Crippen molar-refractivity contribution in [3.63, 3.8) is 0 Å². The van der Waals surface area contributed by atoms with Gasteiger partial charge in [0.15, 0.2) is 11.5 Å². The molecule has 0 atom stereocenters. The fraction of sp³-hybridized carbons (Fsp3) is 0.231. The van der Waals surface area contributed by atoms with E-state index in [1.807, 2.05) is 0 Å². The summed E-state index contributed by atoms with van der Waals surface area (Å²) < 4.78 is 21.8. The van der Waals surface area contributed by atoms with Crippen LogP contribution in [0.2, 0.25) is 0 Å². The van der Waals surface area contributed by atoms with E-state index in [4.69, 9.17) is 23.8 Å². The van der Waals surface area contributed by atoms with Crippen LogP contribution in [0.5, 0.6) is 17.2 Å². The second kappa shape index (κ2) is 5.28. The highest BCUT2D eigenvalue weighted by Gasteiger charge is 2.25. The number of nitrogens with zero attached hydrogens (tertiary/aromatic N) is 1. The van der Waals surface area contributed by atoms with Crippen LogP contribution in [0.4, 0.5) is 0 Å². The lowest BCUT2D eigenvalue weighted by molar-refractivity contribution is 0.0652. The Labute approximate surface area is 127 Å². The standard InChI is InChI=1S/C13H10BrNO6/c1-18-11-6(7-5-9(13(16)17)21-15-7)4-8-12(10(11)14)20-3-2-19-8/h4-5H,2-3H2,1H3,(H,16,17). The predicted octanol–water partition coefficient (Wildman–Crippen LogP) is 2.58. The Bertz CT molecular complexity index is 711. The first-order chi connectivity index (χ1) is 10.1. The fourth-order valence-corrected chi connectivity index (χ4v) is 2.71. The maximum Gasteiger partial charge on any atom is 0.374 e. The van der Waals surface area contributed by atoms with E-state index < -0.39 is 5.97 Å². The minimum absolute atomic E-state index is 0.252. The van der Waals surface area contributed by atoms with Crippen LogP contribution in [0, 0.1) is 0 Å². The smallest absolute Gasteiger partial charge is 0.374 e. The molecule has 3 rings (SSSR count). The molecule has 1 aromatic carbocycles. The molecule has 1 aromatic heterocycles. The topological polar surface area (TPSA) is 91.0 Å². The normalized spacial score (nSPS) is 13.0. The Morgan fingerprint density at radius 1 is 1.38 bits per heavy atom. The van der Waals surface area contributed by atoms with Crippen LogP contribution in [0.25, 0.3) is 11.3 Å². The van der Waals surface area contributed by atoms with Crippen molar-refractivity contribution in [3.8, 4) is 28.5 Å². The van der Waals surface area contributed by atoms with Crippen molar-refractivity contribution in [2.24, 2.45) is 0 Å². The van der Waals surface area contributed by atoms with Gasteiger partial charge in [-0.25, -0.2) is 4.79 Å². The van der Waals surface area contributed by atoms with E-state index in [-0.39, 0.29) is 5.76 Å². The number of fused-ring (bicyclic) bond motifs is 1. The first-order valence-corrected chi connectivity index (χ1v) is 6.77. The van der Waals surface area contributed by atoms with Crippen molar-refractivity contribution in [2.45, 2.75) is 0 Å². The van der Waals surface area contributed by atoms with Crippen molar-refractivity contribution >= 4 is 21.9 Å². The molecule has 0 amide bonds. The fourth-order valence-electron chi connectivity index (χ4n) is 2.02. The van der Waals surface area contributed by atoms with Gasteiger partial charge in [-0.1, -0.05) is 5.16 Å². The minimum Gasteiger partial charge on any atom is -0.495 e. The van der Waals surface area contributed by atoms with Gasteiger partial charge in [-0.05, 0) is 22.0 Å². The third kappa shape index (κ3) is 2.31. The van der Waals surface area contributed by atoms with E-state index in [9.17, 15) is 4.79 Å². The largest absolute Gasteiger partial charge is 0.495 e. The van der Waals surface area contributed by atoms with E-state index in [2.05, 4.69) is 21.1 Å². The molecule has 0 saturated carbocycles. The van der Waals surface area contributed by atoms with Gasteiger partial charge in [-0.2, -0.15) is 0 Å². The minimum atomic E-state index is -1.19. The predicted molar refractivity (Wildman–Crippen MR) is 74.1 cm³/mol. The Morgan fingerprint density at radius 2 is 2.14 bits per heavy atom. The molecule has 0 fully saturated rings. The van der Waals surface area contributed by atoms with Crippen LogP contribution in [-0.4, -0.2) is 36.6 Å². The van der Waals surface area contributed by atoms with Gasteiger partial charge in [0.05, 0.1) is 12.7 Å². The molecule has 0 unspecified atom stereocenters. The molecule has 2 aromatic rings. The number of aromatic carboxylic acids is 1. The summed E-state index contributed by atoms with van der Waals surface area (Å²) in [7, 11) is 1.50. The highest BCUT2D eigenvalue weighted by molar-refractivity contribution is 9.10. The lowest BCUT2D eigenvalue weighted by Crippen LogP contribution is -2.16. The second-order valence-corrected chi connectivity index (χ2v) is 4.97. The van der Waals surface area contributed by atoms with E-state index in [1.165, 1.54) is 13.2 Å². The van der Waals surface area contributed by atoms with E-state index in [1.54, 1.807) is 6.07 Å². The van der Waals surface area contributed by atoms with Gasteiger partial charge >= 0.3 is 5.97 Å². The third-order valence-corrected chi connectivity index (χ3v) is 3.65. The van der Waals surface area contributed by atoms with Crippen molar-refractivity contribution in [3.05, 3.63) is 22.4 Å². The van der Waals surface area contributed by atoms with E-state index in [0.717, 1.165) is 0 Å². The molecule has 0 radical (unpaired) electrons. The highest BCUT2D eigenvalue weighted by atomic mass is 79.9. The van der Waals surface area contributed by atoms with Gasteiger partial charge in [0.2, 0.25) is 5.76 Å². The zero-order chi connectivity index (χ0) is 15.0. The summed E-state index contributed by atoms with van der Waals surface area (Å²) in [5, 5.41) is 12.7. The number of benzene rings is 1. The monoisotopic (exact) mass is 355 g/mol. The molecule has 0 saturated heterocycles. The Morgan fingerprint density at radius 3 is 2.81 bits per heavy atom. The molecule has 0 aliphatic carbocycles. The molecule has 7 nitrogen and oxygen atoms in total. The molecule has 0 bridgehead atoms. The molecule has 8 heteroatoms. The Balaban J connectivity index is 2.16. The van der Waals surface area contributed by atoms with Gasteiger partial charge in [0.25, 0.3) is 0 Å². The number of carboxylic acids is 1. The van der Waals surface area contributed by atoms with E-state index >= 15 is 0 Å². The lowest BCUT2D eigenvalue weighted by atomic mass is 10.1. The van der Waals surface area contributed by atoms with Crippen molar-refractivity contribution in [1.82, 2.24) is 5.16 Å². The SMILES string of the molecule is COc1c(-c2cc(C(=O)O)on2)cc2c(c1Br)OCCO2. The van der Waals surface area contributed by atoms with Crippen LogP contribution in [0.1, 0.15) is 10.6 Å². The van der Waals surface area contributed by atoms with Crippen molar-refractivity contribution < 1.29 is 28.6 Å². The van der Waals surface area contributed by atoms with Gasteiger partial charge in [-0.3, -0.25) is 0 Å². The number of aromatic nitrogens is 1. The maximum atomic E-state index is 10.9. The van der Waals surface area contributed by atoms with Gasteiger partial charge < -0.3 is 23.8 Å². The summed E-state index contributed by atoms with van der Waals surface area (Å²) in [6.45, 7) is 0.881. The second-order valence-electron chi connectivity index (χ2n) is 4.18. The summed E-state index contributed by atoms with van der Waals surface area (Å²) in [6, 6.07) is 3.00. The molecule has 1 N–H and O–H groups in total. The number of carboxylic acid groups (broad SMARTS) is 1. The van der Waals surface area contributed by atoms with Gasteiger partial charge in [-0.15, -0.1) is 0 Å². The molecule has 1 aliphatic rings. The average molecular weight is 356 g/mol. The summed E-state index contributed by atoms with van der Waals surface area (Å²) in [5.41, 5.74) is 0.881. The number of hydrogen-bond acceptors (Lipinski definition) is 6. The average Bonchev–Trinajstić information content (AvgIpc) is 2.97. The third-order valence-electron chi connectivity index (χ3n) is 2.93. The van der Waals surface area contributed by atoms with Crippen molar-refractivity contribution in [2.75, 3.05) is 20.3 Å². The molecule has 0 spiro atoms. The number of methoxy groups -OCH3 is 1. The molecule has 2 heterocycles. The maximum absolute atomic E-state index is 10.9. The van der Waals surface area contributed by atoms with Crippen LogP contribution in [0.3, 0.4) is 0 Å². The van der Waals surface area contributed by atoms with Gasteiger partial charge in [0.1, 0.15) is 29.1 Å². The van der Waals surface area contributed by atoms with Crippen LogP contribution >= 0.6 is 15.9 Å². The molecular formula is C13H10BrNO6. The number of carbonyl (C=O) groups is 1. The highest BCUT2D eigenvalue weighted by Crippen LogP contribution is 2.48. The number of hydrogen-bond donors (Lipinski definition) is 1. The number of ether oxygens (including phenoxy) is 3. The van der Waals surface area contributed by atoms with Crippen molar-refractivity contribution in [1.29, 1.82) is 0 Å². The quantitative estimate of drug-likeness (QED) is 0.904. The number of rotatable bonds is 3. The zero-order valence-corrected chi connectivity index (χ0v) is 12.5. The lowest BCUT2D eigenvalue weighted by Gasteiger charge is -2.22. The number of halogens is 1. The van der Waals surface area contributed by atoms with E-state index in [0.29, 0.717) is 46.2 Å².